The first-order chi connectivity index (χ1) is 26.0. The largest absolute Gasteiger partial charge is 0.481 e. The molecular weight excluding hydrogens is 733 g/mol. The number of likely N-dealkylation sites (tertiary alicyclic amines) is 1. The summed E-state index contributed by atoms with van der Waals surface area (Å²) in [4.78, 5) is 53.3. The molecule has 8 rings (SSSR count). The quantitative estimate of drug-likeness (QED) is 0.202. The molecule has 2 fully saturated rings. The van der Waals surface area contributed by atoms with Crippen LogP contribution in [0.2, 0.25) is 5.02 Å². The number of nitrogens with zero attached hydrogens (tertiary/aromatic N) is 7. The van der Waals surface area contributed by atoms with E-state index in [1.807, 2.05) is 46.8 Å². The second kappa shape index (κ2) is 15.1. The Hall–Kier alpha value is -4.27. The van der Waals surface area contributed by atoms with Gasteiger partial charge in [-0.3, -0.25) is 24.2 Å². The molecule has 0 spiro atoms. The Bertz CT molecular complexity index is 2060. The lowest BCUT2D eigenvalue weighted by atomic mass is 9.80. The van der Waals surface area contributed by atoms with Gasteiger partial charge in [-0.25, -0.2) is 14.4 Å². The SMILES string of the molecule is Cn1c(C(=O)N(Cl)c2cccc(-c3cccc(-c4nc5c(o4)CN(C(=O)CN4CC(O)C4)C5)c3Cl)c2)nc2c1CCN(CCC1CCC(C(=O)O)CC1)C2. The zero-order valence-corrected chi connectivity index (χ0v) is 31.6. The number of hydrogen-bond acceptors (Lipinski definition) is 9. The number of carbonyl (C=O) groups is 3. The van der Waals surface area contributed by atoms with Crippen molar-refractivity contribution in [2.24, 2.45) is 18.9 Å². The maximum absolute atomic E-state index is 13.8. The molecule has 0 radical (unpaired) electrons. The number of imidazole rings is 1. The molecule has 1 aliphatic carbocycles. The van der Waals surface area contributed by atoms with E-state index in [2.05, 4.69) is 4.90 Å². The molecule has 15 heteroatoms. The van der Waals surface area contributed by atoms with Crippen LogP contribution in [0.5, 0.6) is 0 Å². The summed E-state index contributed by atoms with van der Waals surface area (Å²) in [5, 5.41) is 19.3. The van der Waals surface area contributed by atoms with Gasteiger partial charge in [0.2, 0.25) is 17.6 Å². The molecule has 4 aliphatic rings. The van der Waals surface area contributed by atoms with Gasteiger partial charge in [-0.2, -0.15) is 0 Å². The lowest BCUT2D eigenvalue weighted by molar-refractivity contribution is -0.143. The molecule has 2 aromatic carbocycles. The zero-order valence-electron chi connectivity index (χ0n) is 30.1. The van der Waals surface area contributed by atoms with Crippen molar-refractivity contribution in [3.63, 3.8) is 0 Å². The van der Waals surface area contributed by atoms with E-state index in [0.717, 1.165) is 73.0 Å². The van der Waals surface area contributed by atoms with Crippen molar-refractivity contribution in [2.75, 3.05) is 37.1 Å². The number of oxazole rings is 1. The number of hydrogen-bond donors (Lipinski definition) is 2. The van der Waals surface area contributed by atoms with Gasteiger partial charge in [-0.15, -0.1) is 0 Å². The van der Waals surface area contributed by atoms with Crippen LogP contribution in [-0.4, -0.2) is 96.1 Å². The minimum atomic E-state index is -0.673. The zero-order chi connectivity index (χ0) is 37.7. The van der Waals surface area contributed by atoms with Gasteiger partial charge in [0.1, 0.15) is 11.5 Å². The summed E-state index contributed by atoms with van der Waals surface area (Å²) in [5.74, 6) is 0.478. The highest BCUT2D eigenvalue weighted by Crippen LogP contribution is 2.39. The monoisotopic (exact) mass is 775 g/mol. The Morgan fingerprint density at radius 2 is 1.72 bits per heavy atom. The van der Waals surface area contributed by atoms with Gasteiger partial charge in [0, 0.05) is 62.7 Å². The number of fused-ring (bicyclic) bond motifs is 2. The Kier molecular flexibility index (Phi) is 10.3. The average molecular weight is 777 g/mol. The summed E-state index contributed by atoms with van der Waals surface area (Å²) in [6.07, 6.45) is 4.89. The number of amides is 2. The number of rotatable bonds is 10. The molecule has 2 amide bonds. The summed E-state index contributed by atoms with van der Waals surface area (Å²) < 4.78 is 9.07. The minimum Gasteiger partial charge on any atom is -0.481 e. The molecule has 4 aromatic rings. The molecule has 2 N–H and O–H groups in total. The number of aliphatic hydroxyl groups excluding tert-OH is 1. The van der Waals surface area contributed by atoms with Gasteiger partial charge < -0.3 is 24.1 Å². The van der Waals surface area contributed by atoms with Crippen LogP contribution in [0.25, 0.3) is 22.6 Å². The van der Waals surface area contributed by atoms with Crippen molar-refractivity contribution in [3.05, 3.63) is 76.2 Å². The number of carbonyl (C=O) groups excluding carboxylic acids is 2. The Balaban J connectivity index is 0.919. The van der Waals surface area contributed by atoms with E-state index in [1.54, 1.807) is 17.0 Å². The number of aliphatic hydroxyl groups is 1. The fourth-order valence-electron chi connectivity index (χ4n) is 8.24. The second-order valence-corrected chi connectivity index (χ2v) is 15.8. The summed E-state index contributed by atoms with van der Waals surface area (Å²) in [6.45, 7) is 4.40. The van der Waals surface area contributed by atoms with Crippen molar-refractivity contribution in [2.45, 2.75) is 64.3 Å². The van der Waals surface area contributed by atoms with Crippen LogP contribution in [0.15, 0.2) is 46.9 Å². The molecule has 2 aromatic heterocycles. The molecule has 0 atom stereocenters. The van der Waals surface area contributed by atoms with Crippen LogP contribution in [0, 0.1) is 11.8 Å². The number of aliphatic carboxylic acids is 1. The van der Waals surface area contributed by atoms with Gasteiger partial charge >= 0.3 is 11.9 Å². The summed E-state index contributed by atoms with van der Waals surface area (Å²) in [5.41, 5.74) is 5.14. The van der Waals surface area contributed by atoms with E-state index in [-0.39, 0.29) is 30.3 Å². The molecule has 0 bridgehead atoms. The molecule has 54 heavy (non-hydrogen) atoms. The van der Waals surface area contributed by atoms with Gasteiger partial charge in [0.15, 0.2) is 0 Å². The van der Waals surface area contributed by atoms with Crippen LogP contribution in [0.3, 0.4) is 0 Å². The van der Waals surface area contributed by atoms with E-state index >= 15 is 0 Å². The smallest absolute Gasteiger partial charge is 0.308 e. The normalized spacial score (nSPS) is 20.4. The Morgan fingerprint density at radius 1 is 0.963 bits per heavy atom. The molecule has 1 saturated heterocycles. The second-order valence-electron chi connectivity index (χ2n) is 15.0. The first-order valence-corrected chi connectivity index (χ1v) is 19.3. The fourth-order valence-corrected chi connectivity index (χ4v) is 8.74. The van der Waals surface area contributed by atoms with Crippen LogP contribution in [0.4, 0.5) is 5.69 Å². The topological polar surface area (TPSA) is 148 Å². The van der Waals surface area contributed by atoms with Crippen molar-refractivity contribution in [1.82, 2.24) is 29.2 Å². The number of aromatic nitrogens is 3. The van der Waals surface area contributed by atoms with Crippen LogP contribution >= 0.6 is 23.4 Å². The first-order valence-electron chi connectivity index (χ1n) is 18.6. The molecular formula is C39H43Cl2N7O6. The van der Waals surface area contributed by atoms with E-state index in [4.69, 9.17) is 37.8 Å². The number of halogens is 2. The third-order valence-corrected chi connectivity index (χ3v) is 12.2. The molecule has 5 heterocycles. The lowest BCUT2D eigenvalue weighted by Crippen LogP contribution is -2.53. The fraction of sp³-hybridized carbons (Fsp3) is 0.462. The first kappa shape index (κ1) is 36.7. The highest BCUT2D eigenvalue weighted by molar-refractivity contribution is 6.39. The minimum absolute atomic E-state index is 0.0291. The summed E-state index contributed by atoms with van der Waals surface area (Å²) >= 11 is 13.7. The standard InChI is InChI=1S/C39H43Cl2N7O6/c1-44-32-13-15-45(14-12-23-8-10-24(11-9-23)39(52)53)19-30(32)42-36(44)38(51)48(41)26-5-2-4-25(16-26)28-6-3-7-29(35(28)40)37-43-31-20-47(21-33(31)54-37)34(50)22-46-17-27(49)18-46/h2-7,16,23-24,27,49H,8-15,17-22H2,1H3,(H,52,53). The molecule has 13 nitrogen and oxygen atoms in total. The van der Waals surface area contributed by atoms with Gasteiger partial charge in [0.05, 0.1) is 53.6 Å². The third-order valence-electron chi connectivity index (χ3n) is 11.5. The highest BCUT2D eigenvalue weighted by Gasteiger charge is 2.34. The molecule has 3 aliphatic heterocycles. The maximum Gasteiger partial charge on any atom is 0.308 e. The van der Waals surface area contributed by atoms with Gasteiger partial charge in [-0.1, -0.05) is 35.9 Å². The maximum atomic E-state index is 13.8. The molecule has 1 saturated carbocycles. The summed E-state index contributed by atoms with van der Waals surface area (Å²) in [7, 11) is 1.86. The summed E-state index contributed by atoms with van der Waals surface area (Å²) in [6, 6.07) is 12.9. The van der Waals surface area contributed by atoms with Crippen molar-refractivity contribution in [1.29, 1.82) is 0 Å². The van der Waals surface area contributed by atoms with E-state index < -0.39 is 11.9 Å². The number of carboxylic acid groups (broad SMARTS) is 1. The van der Waals surface area contributed by atoms with Crippen molar-refractivity contribution < 1.29 is 29.0 Å². The number of anilines is 1. The average Bonchev–Trinajstić information content (AvgIpc) is 3.85. The van der Waals surface area contributed by atoms with Crippen molar-refractivity contribution in [3.8, 4) is 22.6 Å². The Labute approximate surface area is 323 Å². The number of β-amino-alcohol motifs (C(OH)–C–C–N with tert-alkyl or cyclic N) is 1. The van der Waals surface area contributed by atoms with Crippen LogP contribution in [0.1, 0.15) is 65.6 Å². The molecule has 0 unspecified atom stereocenters. The van der Waals surface area contributed by atoms with E-state index in [9.17, 15) is 24.6 Å². The van der Waals surface area contributed by atoms with Gasteiger partial charge in [0.25, 0.3) is 0 Å². The van der Waals surface area contributed by atoms with Gasteiger partial charge in [-0.05, 0) is 68.3 Å². The molecule has 284 valence electrons. The highest BCUT2D eigenvalue weighted by atomic mass is 35.5. The Morgan fingerprint density at radius 3 is 2.46 bits per heavy atom. The predicted molar refractivity (Wildman–Crippen MR) is 202 cm³/mol. The number of carboxylic acids is 1. The van der Waals surface area contributed by atoms with Crippen LogP contribution < -0.4 is 4.42 Å². The third kappa shape index (κ3) is 7.27. The predicted octanol–water partition coefficient (Wildman–Crippen LogP) is 5.35. The van der Waals surface area contributed by atoms with E-state index in [0.29, 0.717) is 77.8 Å². The lowest BCUT2D eigenvalue weighted by Gasteiger charge is -2.35. The van der Waals surface area contributed by atoms with Crippen molar-refractivity contribution >= 4 is 46.8 Å². The van der Waals surface area contributed by atoms with Crippen LogP contribution in [-0.2, 0) is 42.7 Å². The van der Waals surface area contributed by atoms with E-state index in [1.165, 1.54) is 0 Å². The number of benzene rings is 2.